The Morgan fingerprint density at radius 3 is 2.58 bits per heavy atom. The lowest BCUT2D eigenvalue weighted by atomic mass is 9.97. The second-order valence-corrected chi connectivity index (χ2v) is 5.89. The number of carbonyl (C=O) groups excluding carboxylic acids is 1. The van der Waals surface area contributed by atoms with Crippen molar-refractivity contribution >= 4 is 5.97 Å². The normalized spacial score (nSPS) is 20.1. The third-order valence-corrected chi connectivity index (χ3v) is 4.26. The summed E-state index contributed by atoms with van der Waals surface area (Å²) >= 11 is 0. The van der Waals surface area contributed by atoms with Crippen molar-refractivity contribution in [2.45, 2.75) is 58.5 Å². The van der Waals surface area contributed by atoms with Crippen molar-refractivity contribution in [3.8, 4) is 0 Å². The summed E-state index contributed by atoms with van der Waals surface area (Å²) in [5.41, 5.74) is -0.567. The van der Waals surface area contributed by atoms with Crippen molar-refractivity contribution in [1.82, 2.24) is 10.2 Å². The molecule has 0 aliphatic heterocycles. The summed E-state index contributed by atoms with van der Waals surface area (Å²) in [7, 11) is 2.15. The van der Waals surface area contributed by atoms with Gasteiger partial charge >= 0.3 is 5.97 Å². The minimum Gasteiger partial charge on any atom is -0.465 e. The van der Waals surface area contributed by atoms with Crippen LogP contribution in [0.3, 0.4) is 0 Å². The van der Waals surface area contributed by atoms with E-state index >= 15 is 0 Å². The molecule has 0 aromatic rings. The van der Waals surface area contributed by atoms with Crippen molar-refractivity contribution in [1.29, 1.82) is 0 Å². The van der Waals surface area contributed by atoms with E-state index in [4.69, 9.17) is 4.74 Å². The monoisotopic (exact) mass is 270 g/mol. The number of nitrogens with zero attached hydrogens (tertiary/aromatic N) is 1. The zero-order valence-corrected chi connectivity index (χ0v) is 13.2. The Kier molecular flexibility index (Phi) is 6.27. The molecule has 0 bridgehead atoms. The highest BCUT2D eigenvalue weighted by atomic mass is 16.5. The molecule has 0 amide bonds. The van der Waals surface area contributed by atoms with Gasteiger partial charge in [0.1, 0.15) is 5.54 Å². The molecule has 1 aliphatic carbocycles. The summed E-state index contributed by atoms with van der Waals surface area (Å²) in [5, 5.41) is 3.28. The van der Waals surface area contributed by atoms with Gasteiger partial charge in [0.15, 0.2) is 0 Å². The minimum absolute atomic E-state index is 0.135. The van der Waals surface area contributed by atoms with Gasteiger partial charge in [0.05, 0.1) is 6.61 Å². The molecule has 1 saturated carbocycles. The lowest BCUT2D eigenvalue weighted by Gasteiger charge is -2.32. The SMILES string of the molecule is CCNC(C)(CCN(C)C(C)C1CC1)C(=O)OCC. The molecule has 19 heavy (non-hydrogen) atoms. The van der Waals surface area contributed by atoms with Crippen molar-refractivity contribution in [2.75, 3.05) is 26.7 Å². The van der Waals surface area contributed by atoms with Crippen LogP contribution in [0.4, 0.5) is 0 Å². The van der Waals surface area contributed by atoms with Crippen LogP contribution >= 0.6 is 0 Å². The van der Waals surface area contributed by atoms with Crippen LogP contribution in [0.5, 0.6) is 0 Å². The summed E-state index contributed by atoms with van der Waals surface area (Å²) in [5.74, 6) is 0.724. The molecule has 1 N–H and O–H groups in total. The largest absolute Gasteiger partial charge is 0.465 e. The van der Waals surface area contributed by atoms with Crippen LogP contribution in [0.2, 0.25) is 0 Å². The number of rotatable bonds is 9. The van der Waals surface area contributed by atoms with E-state index in [0.717, 1.165) is 25.4 Å². The van der Waals surface area contributed by atoms with Gasteiger partial charge in [0.25, 0.3) is 0 Å². The molecule has 1 rings (SSSR count). The fourth-order valence-electron chi connectivity index (χ4n) is 2.49. The maximum Gasteiger partial charge on any atom is 0.326 e. The molecule has 0 aromatic carbocycles. The first-order chi connectivity index (χ1) is 8.94. The number of ether oxygens (including phenoxy) is 1. The number of hydrogen-bond donors (Lipinski definition) is 1. The maximum absolute atomic E-state index is 12.1. The lowest BCUT2D eigenvalue weighted by molar-refractivity contribution is -0.151. The zero-order chi connectivity index (χ0) is 14.5. The third-order valence-electron chi connectivity index (χ3n) is 4.26. The van der Waals surface area contributed by atoms with Crippen LogP contribution in [0.15, 0.2) is 0 Å². The average Bonchev–Trinajstić information content (AvgIpc) is 3.20. The molecule has 1 aliphatic rings. The summed E-state index contributed by atoms with van der Waals surface area (Å²) < 4.78 is 5.19. The van der Waals surface area contributed by atoms with E-state index in [1.54, 1.807) is 0 Å². The van der Waals surface area contributed by atoms with Crippen LogP contribution in [0, 0.1) is 5.92 Å². The summed E-state index contributed by atoms with van der Waals surface area (Å²) in [6.45, 7) is 10.2. The molecule has 0 heterocycles. The molecule has 0 radical (unpaired) electrons. The van der Waals surface area contributed by atoms with E-state index in [0.29, 0.717) is 12.6 Å². The smallest absolute Gasteiger partial charge is 0.326 e. The Morgan fingerprint density at radius 2 is 2.11 bits per heavy atom. The van der Waals surface area contributed by atoms with Crippen molar-refractivity contribution in [3.05, 3.63) is 0 Å². The topological polar surface area (TPSA) is 41.6 Å². The molecular weight excluding hydrogens is 240 g/mol. The van der Waals surface area contributed by atoms with E-state index < -0.39 is 5.54 Å². The number of nitrogens with one attached hydrogen (secondary N) is 1. The Bertz CT molecular complexity index is 292. The molecule has 4 heteroatoms. The third kappa shape index (κ3) is 4.77. The van der Waals surface area contributed by atoms with Gasteiger partial charge in [-0.2, -0.15) is 0 Å². The van der Waals surface area contributed by atoms with E-state index in [-0.39, 0.29) is 5.97 Å². The fourth-order valence-corrected chi connectivity index (χ4v) is 2.49. The molecule has 0 spiro atoms. The number of hydrogen-bond acceptors (Lipinski definition) is 4. The van der Waals surface area contributed by atoms with E-state index in [9.17, 15) is 4.79 Å². The van der Waals surface area contributed by atoms with Crippen LogP contribution in [0.1, 0.15) is 47.0 Å². The highest BCUT2D eigenvalue weighted by Gasteiger charge is 2.35. The fraction of sp³-hybridized carbons (Fsp3) is 0.933. The Labute approximate surface area is 117 Å². The Morgan fingerprint density at radius 1 is 1.47 bits per heavy atom. The predicted molar refractivity (Wildman–Crippen MR) is 78.1 cm³/mol. The Hall–Kier alpha value is -0.610. The summed E-state index contributed by atoms with van der Waals surface area (Å²) in [4.78, 5) is 14.4. The highest BCUT2D eigenvalue weighted by molar-refractivity contribution is 5.80. The number of esters is 1. The first kappa shape index (κ1) is 16.4. The van der Waals surface area contributed by atoms with Crippen molar-refractivity contribution in [3.63, 3.8) is 0 Å². The highest BCUT2D eigenvalue weighted by Crippen LogP contribution is 2.34. The van der Waals surface area contributed by atoms with Gasteiger partial charge in [-0.1, -0.05) is 6.92 Å². The molecule has 2 atom stereocenters. The quantitative estimate of drug-likeness (QED) is 0.651. The van der Waals surface area contributed by atoms with Crippen LogP contribution in [-0.4, -0.2) is 49.2 Å². The molecular formula is C15H30N2O2. The average molecular weight is 270 g/mol. The second-order valence-electron chi connectivity index (χ2n) is 5.89. The maximum atomic E-state index is 12.1. The molecule has 112 valence electrons. The Balaban J connectivity index is 2.49. The number of carbonyl (C=O) groups is 1. The second kappa shape index (κ2) is 7.25. The predicted octanol–water partition coefficient (Wildman–Crippen LogP) is 2.04. The molecule has 4 nitrogen and oxygen atoms in total. The van der Waals surface area contributed by atoms with Crippen LogP contribution in [0.25, 0.3) is 0 Å². The van der Waals surface area contributed by atoms with Gasteiger partial charge in [-0.25, -0.2) is 0 Å². The van der Waals surface area contributed by atoms with Gasteiger partial charge in [-0.05, 0) is 59.5 Å². The number of likely N-dealkylation sites (N-methyl/N-ethyl adjacent to an activating group) is 1. The van der Waals surface area contributed by atoms with Gasteiger partial charge in [-0.3, -0.25) is 4.79 Å². The first-order valence-corrected chi connectivity index (χ1v) is 7.57. The van der Waals surface area contributed by atoms with Crippen molar-refractivity contribution < 1.29 is 9.53 Å². The standard InChI is InChI=1S/C15H30N2O2/c1-6-16-15(4,14(18)19-7-2)10-11-17(5)12(3)13-8-9-13/h12-13,16H,6-11H2,1-5H3. The molecule has 0 aromatic heterocycles. The van der Waals surface area contributed by atoms with E-state index in [2.05, 4.69) is 24.2 Å². The molecule has 2 unspecified atom stereocenters. The minimum atomic E-state index is -0.567. The molecule has 0 saturated heterocycles. The lowest BCUT2D eigenvalue weighted by Crippen LogP contribution is -2.52. The van der Waals surface area contributed by atoms with Gasteiger partial charge in [0, 0.05) is 12.6 Å². The van der Waals surface area contributed by atoms with Gasteiger partial charge in [-0.15, -0.1) is 0 Å². The summed E-state index contributed by atoms with van der Waals surface area (Å²) in [6.07, 6.45) is 3.49. The zero-order valence-electron chi connectivity index (χ0n) is 13.2. The van der Waals surface area contributed by atoms with E-state index in [1.807, 2.05) is 20.8 Å². The van der Waals surface area contributed by atoms with Crippen molar-refractivity contribution in [2.24, 2.45) is 5.92 Å². The molecule has 1 fully saturated rings. The summed E-state index contributed by atoms with van der Waals surface area (Å²) in [6, 6.07) is 0.619. The van der Waals surface area contributed by atoms with E-state index in [1.165, 1.54) is 12.8 Å². The van der Waals surface area contributed by atoms with Crippen LogP contribution < -0.4 is 5.32 Å². The van der Waals surface area contributed by atoms with Gasteiger partial charge < -0.3 is 15.0 Å². The first-order valence-electron chi connectivity index (χ1n) is 7.57. The van der Waals surface area contributed by atoms with Gasteiger partial charge in [0.2, 0.25) is 0 Å². The van der Waals surface area contributed by atoms with Crippen LogP contribution in [-0.2, 0) is 9.53 Å².